The normalized spacial score (nSPS) is 12.2. The number of hydrogen-bond donors (Lipinski definition) is 1. The average molecular weight is 476 g/mol. The smallest absolute Gasteiger partial charge is 0.331 e. The monoisotopic (exact) mass is 476 g/mol. The van der Waals surface area contributed by atoms with Crippen LogP contribution in [-0.4, -0.2) is 26.8 Å². The molecule has 13 heteroatoms. The second-order valence-corrected chi connectivity index (χ2v) is 7.78. The molecule has 0 aliphatic rings. The number of nitrogens with zero attached hydrogens (tertiary/aromatic N) is 1. The number of hydrogen-bond acceptors (Lipinski definition) is 6. The van der Waals surface area contributed by atoms with Gasteiger partial charge in [0.25, 0.3) is 0 Å². The molecule has 0 aromatic heterocycles. The highest BCUT2D eigenvalue weighted by Gasteiger charge is 2.33. The summed E-state index contributed by atoms with van der Waals surface area (Å²) in [7, 11) is -4.79. The third-order valence-electron chi connectivity index (χ3n) is 4.10. The van der Waals surface area contributed by atoms with Gasteiger partial charge in [-0.15, -0.1) is 0 Å². The minimum Gasteiger partial charge on any atom is -0.465 e. The molecular weight excluding hydrogens is 463 g/mol. The lowest BCUT2D eigenvalue weighted by Gasteiger charge is -2.14. The Balaban J connectivity index is 2.43. The summed E-state index contributed by atoms with van der Waals surface area (Å²) in [4.78, 5) is 23.6. The van der Waals surface area contributed by atoms with Crippen molar-refractivity contribution >= 4 is 21.8 Å². The van der Waals surface area contributed by atoms with Crippen molar-refractivity contribution < 1.29 is 44.7 Å². The molecule has 1 atom stereocenters. The largest absolute Gasteiger partial charge is 0.465 e. The van der Waals surface area contributed by atoms with E-state index in [1.807, 2.05) is 0 Å². The molecule has 0 radical (unpaired) electrons. The molecule has 170 valence electrons. The fourth-order valence-corrected chi connectivity index (χ4v) is 3.76. The van der Waals surface area contributed by atoms with Crippen molar-refractivity contribution in [2.24, 2.45) is 5.92 Å². The zero-order valence-corrected chi connectivity index (χ0v) is 16.9. The Morgan fingerprint density at radius 3 is 2.09 bits per heavy atom. The highest BCUT2D eigenvalue weighted by Crippen LogP contribution is 2.24. The highest BCUT2D eigenvalue weighted by atomic mass is 32.2. The number of ether oxygens (including phenoxy) is 1. The van der Waals surface area contributed by atoms with E-state index >= 15 is 0 Å². The number of carbonyl (C=O) groups is 2. The Morgan fingerprint density at radius 2 is 1.56 bits per heavy atom. The first kappa shape index (κ1) is 24.9. The molecule has 0 bridgehead atoms. The van der Waals surface area contributed by atoms with Crippen molar-refractivity contribution in [3.8, 4) is 6.07 Å². The van der Waals surface area contributed by atoms with Crippen molar-refractivity contribution in [3.63, 3.8) is 0 Å². The van der Waals surface area contributed by atoms with Gasteiger partial charge in [0.2, 0.25) is 21.8 Å². The van der Waals surface area contributed by atoms with Gasteiger partial charge in [-0.1, -0.05) is 12.1 Å². The summed E-state index contributed by atoms with van der Waals surface area (Å²) in [6, 6.07) is 5.63. The molecule has 0 saturated carbocycles. The first-order valence-corrected chi connectivity index (χ1v) is 10.2. The van der Waals surface area contributed by atoms with E-state index in [-0.39, 0.29) is 6.61 Å². The standard InChI is InChI=1S/C19H13F5N2O5S/c1-2-31-19(28)10(7-25)18(27)9-5-3-4-6-12(9)32(29,30)26-8-11-13(20)15(22)17(24)16(23)14(11)21/h3-6,10,26H,2,8H2,1H3. The van der Waals surface area contributed by atoms with Crippen molar-refractivity contribution in [1.29, 1.82) is 5.26 Å². The van der Waals surface area contributed by atoms with Crippen LogP contribution in [0.5, 0.6) is 0 Å². The summed E-state index contributed by atoms with van der Waals surface area (Å²) in [5, 5.41) is 9.11. The van der Waals surface area contributed by atoms with Gasteiger partial charge in [0.15, 0.2) is 29.1 Å². The number of benzene rings is 2. The van der Waals surface area contributed by atoms with Crippen molar-refractivity contribution in [2.45, 2.75) is 18.4 Å². The number of esters is 1. The number of nitriles is 1. The number of sulfonamides is 1. The van der Waals surface area contributed by atoms with Crippen LogP contribution in [0.25, 0.3) is 0 Å². The van der Waals surface area contributed by atoms with Crippen LogP contribution in [0, 0.1) is 46.3 Å². The third-order valence-corrected chi connectivity index (χ3v) is 5.55. The Morgan fingerprint density at radius 1 is 1.03 bits per heavy atom. The van der Waals surface area contributed by atoms with Crippen LogP contribution in [0.4, 0.5) is 22.0 Å². The maximum atomic E-state index is 13.8. The van der Waals surface area contributed by atoms with E-state index in [9.17, 15) is 40.0 Å². The molecule has 0 aliphatic heterocycles. The molecule has 2 aromatic rings. The third kappa shape index (κ3) is 4.76. The molecule has 0 heterocycles. The van der Waals surface area contributed by atoms with Crippen LogP contribution >= 0.6 is 0 Å². The number of nitrogens with one attached hydrogen (secondary N) is 1. The van der Waals surface area contributed by atoms with Crippen LogP contribution in [0.1, 0.15) is 22.8 Å². The quantitative estimate of drug-likeness (QED) is 0.157. The van der Waals surface area contributed by atoms with Gasteiger partial charge >= 0.3 is 5.97 Å². The number of Topliss-reactive ketones (excluding diaryl/α,β-unsaturated/α-hetero) is 1. The summed E-state index contributed by atoms with van der Waals surface area (Å²) < 4.78 is 98.9. The van der Waals surface area contributed by atoms with Gasteiger partial charge < -0.3 is 4.74 Å². The first-order valence-electron chi connectivity index (χ1n) is 8.67. The maximum absolute atomic E-state index is 13.8. The van der Waals surface area contributed by atoms with Crippen molar-refractivity contribution in [2.75, 3.05) is 6.61 Å². The van der Waals surface area contributed by atoms with Crippen LogP contribution in [0.15, 0.2) is 29.2 Å². The van der Waals surface area contributed by atoms with Gasteiger partial charge in [0.05, 0.1) is 17.6 Å². The van der Waals surface area contributed by atoms with Gasteiger partial charge in [-0.2, -0.15) is 5.26 Å². The molecule has 0 aliphatic carbocycles. The summed E-state index contributed by atoms with van der Waals surface area (Å²) >= 11 is 0. The van der Waals surface area contributed by atoms with Crippen LogP contribution in [-0.2, 0) is 26.1 Å². The van der Waals surface area contributed by atoms with Gasteiger partial charge in [-0.05, 0) is 19.1 Å². The van der Waals surface area contributed by atoms with E-state index in [4.69, 9.17) is 5.26 Å². The van der Waals surface area contributed by atoms with Gasteiger partial charge in [-0.3, -0.25) is 9.59 Å². The number of ketones is 1. The number of rotatable bonds is 8. The van der Waals surface area contributed by atoms with E-state index in [1.54, 1.807) is 4.72 Å². The van der Waals surface area contributed by atoms with Crippen LogP contribution < -0.4 is 4.72 Å². The van der Waals surface area contributed by atoms with Gasteiger partial charge in [0, 0.05) is 17.7 Å². The fraction of sp³-hybridized carbons (Fsp3) is 0.211. The summed E-state index contributed by atoms with van der Waals surface area (Å²) in [5.41, 5.74) is -2.08. The Bertz CT molecular complexity index is 1200. The SMILES string of the molecule is CCOC(=O)C(C#N)C(=O)c1ccccc1S(=O)(=O)NCc1c(F)c(F)c(F)c(F)c1F. The second-order valence-electron chi connectivity index (χ2n) is 6.05. The lowest BCUT2D eigenvalue weighted by Crippen LogP contribution is -2.30. The molecule has 32 heavy (non-hydrogen) atoms. The van der Waals surface area contributed by atoms with E-state index in [2.05, 4.69) is 4.74 Å². The van der Waals surface area contributed by atoms with E-state index < -0.39 is 79.3 Å². The molecule has 7 nitrogen and oxygen atoms in total. The lowest BCUT2D eigenvalue weighted by atomic mass is 9.99. The van der Waals surface area contributed by atoms with Crippen LogP contribution in [0.2, 0.25) is 0 Å². The molecule has 2 aromatic carbocycles. The summed E-state index contributed by atoms with van der Waals surface area (Å²) in [5.74, 6) is -15.9. The maximum Gasteiger partial charge on any atom is 0.331 e. The molecule has 0 amide bonds. The zero-order chi connectivity index (χ0) is 24.2. The summed E-state index contributed by atoms with van der Waals surface area (Å²) in [6.07, 6.45) is 0. The molecule has 0 spiro atoms. The predicted octanol–water partition coefficient (Wildman–Crippen LogP) is 2.75. The Hall–Kier alpha value is -3.37. The first-order chi connectivity index (χ1) is 15.0. The Kier molecular flexibility index (Phi) is 7.65. The number of carbonyl (C=O) groups excluding carboxylic acids is 2. The van der Waals surface area contributed by atoms with Crippen LogP contribution in [0.3, 0.4) is 0 Å². The zero-order valence-electron chi connectivity index (χ0n) is 16.1. The Labute approximate surface area is 178 Å². The second kappa shape index (κ2) is 9.84. The molecule has 2 rings (SSSR count). The minimum atomic E-state index is -4.79. The molecular formula is C19H13F5N2O5S. The van der Waals surface area contributed by atoms with E-state index in [1.165, 1.54) is 19.1 Å². The van der Waals surface area contributed by atoms with Crippen molar-refractivity contribution in [1.82, 2.24) is 4.72 Å². The predicted molar refractivity (Wildman–Crippen MR) is 96.8 cm³/mol. The van der Waals surface area contributed by atoms with Gasteiger partial charge in [-0.25, -0.2) is 35.1 Å². The minimum absolute atomic E-state index is 0.159. The van der Waals surface area contributed by atoms with E-state index in [0.29, 0.717) is 0 Å². The lowest BCUT2D eigenvalue weighted by molar-refractivity contribution is -0.144. The topological polar surface area (TPSA) is 113 Å². The molecule has 0 fully saturated rings. The number of halogens is 5. The average Bonchev–Trinajstić information content (AvgIpc) is 2.77. The molecule has 1 N–H and O–H groups in total. The van der Waals surface area contributed by atoms with Gasteiger partial charge in [0.1, 0.15) is 0 Å². The van der Waals surface area contributed by atoms with E-state index in [0.717, 1.165) is 18.2 Å². The molecule has 1 unspecified atom stereocenters. The molecule has 0 saturated heterocycles. The summed E-state index contributed by atoms with van der Waals surface area (Å²) in [6.45, 7) is -0.0948. The fourth-order valence-electron chi connectivity index (χ4n) is 2.55. The van der Waals surface area contributed by atoms with Crippen molar-refractivity contribution in [3.05, 3.63) is 64.5 Å². The highest BCUT2D eigenvalue weighted by molar-refractivity contribution is 7.89.